The number of thioether (sulfide) groups is 1. The summed E-state index contributed by atoms with van der Waals surface area (Å²) in [5.74, 6) is 0.515. The molecule has 0 spiro atoms. The Morgan fingerprint density at radius 3 is 2.67 bits per heavy atom. The monoisotopic (exact) mass is 231 g/mol. The van der Waals surface area contributed by atoms with Crippen molar-refractivity contribution in [2.75, 3.05) is 12.3 Å². The van der Waals surface area contributed by atoms with Gasteiger partial charge in [0.15, 0.2) is 0 Å². The number of hydrogen-bond acceptors (Lipinski definition) is 3. The molecule has 88 valence electrons. The lowest BCUT2D eigenvalue weighted by Gasteiger charge is -2.34. The maximum absolute atomic E-state index is 10.6. The van der Waals surface area contributed by atoms with Crippen molar-refractivity contribution in [2.24, 2.45) is 0 Å². The average Bonchev–Trinajstić information content (AvgIpc) is 2.51. The van der Waals surface area contributed by atoms with E-state index in [1.165, 1.54) is 12.2 Å². The van der Waals surface area contributed by atoms with Crippen LogP contribution in [0, 0.1) is 0 Å². The highest BCUT2D eigenvalue weighted by Crippen LogP contribution is 2.31. The van der Waals surface area contributed by atoms with Crippen LogP contribution in [0.3, 0.4) is 0 Å². The second kappa shape index (κ2) is 5.75. The molecular formula is C11H21NO2S. The van der Waals surface area contributed by atoms with E-state index in [9.17, 15) is 4.79 Å². The van der Waals surface area contributed by atoms with E-state index < -0.39 is 5.97 Å². The fraction of sp³-hybridized carbons (Fsp3) is 0.909. The number of hydrogen-bond donors (Lipinski definition) is 1. The Bertz CT molecular complexity index is 221. The Labute approximate surface area is 96.2 Å². The minimum absolute atomic E-state index is 0.256. The van der Waals surface area contributed by atoms with Gasteiger partial charge in [0.05, 0.1) is 6.42 Å². The van der Waals surface area contributed by atoms with Crippen LogP contribution in [0.1, 0.15) is 33.6 Å². The first-order valence-electron chi connectivity index (χ1n) is 5.61. The van der Waals surface area contributed by atoms with Crippen LogP contribution in [0.4, 0.5) is 0 Å². The third-order valence-corrected chi connectivity index (χ3v) is 4.32. The molecule has 1 aliphatic rings. The Morgan fingerprint density at radius 1 is 1.60 bits per heavy atom. The highest BCUT2D eigenvalue weighted by Gasteiger charge is 2.30. The summed E-state index contributed by atoms with van der Waals surface area (Å²) in [7, 11) is 0. The van der Waals surface area contributed by atoms with E-state index in [2.05, 4.69) is 25.7 Å². The van der Waals surface area contributed by atoms with Gasteiger partial charge in [0.1, 0.15) is 0 Å². The van der Waals surface area contributed by atoms with Crippen LogP contribution in [-0.2, 0) is 4.79 Å². The molecule has 2 atom stereocenters. The average molecular weight is 231 g/mol. The van der Waals surface area contributed by atoms with Crippen LogP contribution in [0.5, 0.6) is 0 Å². The van der Waals surface area contributed by atoms with Crippen molar-refractivity contribution in [2.45, 2.75) is 50.9 Å². The van der Waals surface area contributed by atoms with Gasteiger partial charge in [-0.05, 0) is 26.0 Å². The lowest BCUT2D eigenvalue weighted by Crippen LogP contribution is -2.44. The zero-order chi connectivity index (χ0) is 11.4. The van der Waals surface area contributed by atoms with Gasteiger partial charge in [0, 0.05) is 23.9 Å². The third-order valence-electron chi connectivity index (χ3n) is 3.01. The normalized spacial score (nSPS) is 26.5. The summed E-state index contributed by atoms with van der Waals surface area (Å²) in [4.78, 5) is 12.9. The van der Waals surface area contributed by atoms with Crippen molar-refractivity contribution in [1.29, 1.82) is 0 Å². The largest absolute Gasteiger partial charge is 0.481 e. The van der Waals surface area contributed by atoms with Crippen molar-refractivity contribution in [3.05, 3.63) is 0 Å². The van der Waals surface area contributed by atoms with Crippen LogP contribution in [-0.4, -0.2) is 45.6 Å². The highest BCUT2D eigenvalue weighted by molar-refractivity contribution is 8.00. The molecule has 2 unspecified atom stereocenters. The maximum Gasteiger partial charge on any atom is 0.304 e. The van der Waals surface area contributed by atoms with E-state index in [1.54, 1.807) is 0 Å². The minimum atomic E-state index is -0.695. The molecule has 4 heteroatoms. The first-order valence-corrected chi connectivity index (χ1v) is 6.66. The number of nitrogens with zero attached hydrogens (tertiary/aromatic N) is 1. The van der Waals surface area contributed by atoms with Crippen molar-refractivity contribution in [3.63, 3.8) is 0 Å². The zero-order valence-corrected chi connectivity index (χ0v) is 10.6. The molecule has 0 aromatic heterocycles. The second-order valence-electron chi connectivity index (χ2n) is 4.41. The molecule has 3 nitrogen and oxygen atoms in total. The molecule has 15 heavy (non-hydrogen) atoms. The van der Waals surface area contributed by atoms with Crippen molar-refractivity contribution in [3.8, 4) is 0 Å². The predicted octanol–water partition coefficient (Wildman–Crippen LogP) is 2.07. The Balaban J connectivity index is 2.52. The van der Waals surface area contributed by atoms with Crippen LogP contribution < -0.4 is 0 Å². The summed E-state index contributed by atoms with van der Waals surface area (Å²) < 4.78 is 0. The maximum atomic E-state index is 10.6. The highest BCUT2D eigenvalue weighted by atomic mass is 32.2. The molecule has 1 aliphatic heterocycles. The molecular weight excluding hydrogens is 210 g/mol. The molecule has 0 saturated carbocycles. The molecule has 1 saturated heterocycles. The van der Waals surface area contributed by atoms with E-state index in [1.807, 2.05) is 11.8 Å². The molecule has 0 bridgehead atoms. The molecule has 0 amide bonds. The number of rotatable bonds is 5. The fourth-order valence-corrected chi connectivity index (χ4v) is 3.45. The van der Waals surface area contributed by atoms with Gasteiger partial charge in [-0.2, -0.15) is 11.8 Å². The van der Waals surface area contributed by atoms with Gasteiger partial charge in [-0.3, -0.25) is 9.69 Å². The number of aliphatic carboxylic acids is 1. The van der Waals surface area contributed by atoms with Gasteiger partial charge in [-0.15, -0.1) is 0 Å². The molecule has 0 aromatic rings. The van der Waals surface area contributed by atoms with Gasteiger partial charge in [-0.25, -0.2) is 0 Å². The van der Waals surface area contributed by atoms with Crippen LogP contribution >= 0.6 is 11.8 Å². The second-order valence-corrected chi connectivity index (χ2v) is 5.89. The van der Waals surface area contributed by atoms with Crippen molar-refractivity contribution < 1.29 is 9.90 Å². The summed E-state index contributed by atoms with van der Waals surface area (Å²) in [6.45, 7) is 7.23. The minimum Gasteiger partial charge on any atom is -0.481 e. The Hall–Kier alpha value is -0.220. The number of carbonyl (C=O) groups is 1. The summed E-state index contributed by atoms with van der Waals surface area (Å²) in [6, 6.07) is 1.00. The molecule has 0 aromatic carbocycles. The van der Waals surface area contributed by atoms with E-state index in [-0.39, 0.29) is 6.42 Å². The summed E-state index contributed by atoms with van der Waals surface area (Å²) in [5.41, 5.74) is 0. The van der Waals surface area contributed by atoms with Gasteiger partial charge in [0.2, 0.25) is 0 Å². The topological polar surface area (TPSA) is 40.5 Å². The van der Waals surface area contributed by atoms with E-state index in [0.29, 0.717) is 23.9 Å². The Morgan fingerprint density at radius 2 is 2.27 bits per heavy atom. The van der Waals surface area contributed by atoms with Crippen molar-refractivity contribution >= 4 is 17.7 Å². The standard InChI is InChI=1S/C11H21NO2S/c1-8(2)12(6-4-11(13)14)10-5-7-15-9(10)3/h8-10H,4-7H2,1-3H3,(H,13,14). The molecule has 1 N–H and O–H groups in total. The van der Waals surface area contributed by atoms with E-state index in [0.717, 1.165) is 0 Å². The number of carboxylic acid groups (broad SMARTS) is 1. The fourth-order valence-electron chi connectivity index (χ4n) is 2.19. The lowest BCUT2D eigenvalue weighted by atomic mass is 10.1. The SMILES string of the molecule is CC1SCCC1N(CCC(=O)O)C(C)C. The molecule has 0 radical (unpaired) electrons. The molecule has 0 aliphatic carbocycles. The zero-order valence-electron chi connectivity index (χ0n) is 9.77. The van der Waals surface area contributed by atoms with Crippen LogP contribution in [0.15, 0.2) is 0 Å². The molecule has 1 rings (SSSR count). The summed E-state index contributed by atoms with van der Waals surface area (Å²) in [6.07, 6.45) is 1.45. The van der Waals surface area contributed by atoms with Crippen LogP contribution in [0.25, 0.3) is 0 Å². The van der Waals surface area contributed by atoms with Crippen LogP contribution in [0.2, 0.25) is 0 Å². The summed E-state index contributed by atoms with van der Waals surface area (Å²) in [5, 5.41) is 9.36. The van der Waals surface area contributed by atoms with Gasteiger partial charge < -0.3 is 5.11 Å². The van der Waals surface area contributed by atoms with E-state index >= 15 is 0 Å². The van der Waals surface area contributed by atoms with Gasteiger partial charge in [-0.1, -0.05) is 6.92 Å². The third kappa shape index (κ3) is 3.68. The summed E-state index contributed by atoms with van der Waals surface area (Å²) >= 11 is 2.00. The smallest absolute Gasteiger partial charge is 0.304 e. The lowest BCUT2D eigenvalue weighted by molar-refractivity contribution is -0.137. The van der Waals surface area contributed by atoms with Gasteiger partial charge in [0.25, 0.3) is 0 Å². The van der Waals surface area contributed by atoms with Gasteiger partial charge >= 0.3 is 5.97 Å². The van der Waals surface area contributed by atoms with E-state index in [4.69, 9.17) is 5.11 Å². The van der Waals surface area contributed by atoms with Crippen molar-refractivity contribution in [1.82, 2.24) is 4.90 Å². The molecule has 1 heterocycles. The Kier molecular flexibility index (Phi) is 4.93. The predicted molar refractivity (Wildman–Crippen MR) is 64.4 cm³/mol. The molecule has 1 fully saturated rings. The first kappa shape index (κ1) is 12.8. The quantitative estimate of drug-likeness (QED) is 0.786. The number of carboxylic acids is 1. The first-order chi connectivity index (χ1) is 7.02.